The van der Waals surface area contributed by atoms with E-state index in [0.717, 1.165) is 51.8 Å². The van der Waals surface area contributed by atoms with Crippen molar-refractivity contribution in [1.82, 2.24) is 14.9 Å². The first-order valence-electron chi connectivity index (χ1n) is 9.68. The lowest BCUT2D eigenvalue weighted by molar-refractivity contribution is -0.123. The van der Waals surface area contributed by atoms with Crippen LogP contribution in [0.15, 0.2) is 6.07 Å². The van der Waals surface area contributed by atoms with E-state index in [0.29, 0.717) is 36.9 Å². The fraction of sp³-hybridized carbons (Fsp3) is 0.667. The topological polar surface area (TPSA) is 155 Å². The van der Waals surface area contributed by atoms with E-state index < -0.39 is 0 Å². The summed E-state index contributed by atoms with van der Waals surface area (Å²) in [5.74, 6) is 2.66. The molecule has 0 saturated carbocycles. The molecular formula is C18H30N6O6. The monoisotopic (exact) mass is 426 g/mol. The minimum absolute atomic E-state index is 0.250. The summed E-state index contributed by atoms with van der Waals surface area (Å²) < 4.78 is 11.2. The fourth-order valence-corrected chi connectivity index (χ4v) is 3.74. The lowest BCUT2D eigenvalue weighted by atomic mass is 10.1. The van der Waals surface area contributed by atoms with Crippen LogP contribution in [0.5, 0.6) is 0 Å². The number of carbonyl (C=O) groups is 2. The maximum atomic E-state index is 8.36. The van der Waals surface area contributed by atoms with Crippen LogP contribution in [0.4, 0.5) is 17.6 Å². The van der Waals surface area contributed by atoms with Gasteiger partial charge in [-0.2, -0.15) is 9.97 Å². The average molecular weight is 426 g/mol. The van der Waals surface area contributed by atoms with E-state index in [1.165, 1.54) is 0 Å². The minimum Gasteiger partial charge on any atom is -0.483 e. The number of ether oxygens (including phenoxy) is 2. The highest BCUT2D eigenvalue weighted by Crippen LogP contribution is 2.25. The van der Waals surface area contributed by atoms with Gasteiger partial charge >= 0.3 is 0 Å². The molecular weight excluding hydrogens is 396 g/mol. The summed E-state index contributed by atoms with van der Waals surface area (Å²) >= 11 is 0. The Morgan fingerprint density at radius 1 is 1.03 bits per heavy atom. The van der Waals surface area contributed by atoms with Gasteiger partial charge in [-0.15, -0.1) is 0 Å². The minimum atomic E-state index is -0.250. The van der Waals surface area contributed by atoms with Crippen molar-refractivity contribution in [3.05, 3.63) is 6.07 Å². The number of hydrogen-bond donors (Lipinski definition) is 3. The Hall–Kier alpha value is -2.70. The second-order valence-corrected chi connectivity index (χ2v) is 7.16. The molecule has 0 aromatic carbocycles. The lowest BCUT2D eigenvalue weighted by Gasteiger charge is -2.32. The first kappa shape index (κ1) is 23.6. The zero-order valence-electron chi connectivity index (χ0n) is 17.1. The summed E-state index contributed by atoms with van der Waals surface area (Å²) in [6.45, 7) is 7.06. The Balaban J connectivity index is 0.000000480. The average Bonchev–Trinajstić information content (AvgIpc) is 2.98. The zero-order chi connectivity index (χ0) is 21.9. The van der Waals surface area contributed by atoms with Gasteiger partial charge in [0.1, 0.15) is 11.6 Å². The van der Waals surface area contributed by atoms with Crippen LogP contribution in [0.1, 0.15) is 0 Å². The Kier molecular flexibility index (Phi) is 9.51. The summed E-state index contributed by atoms with van der Waals surface area (Å²) in [4.78, 5) is 32.9. The summed E-state index contributed by atoms with van der Waals surface area (Å²) in [7, 11) is 2.18. The molecule has 30 heavy (non-hydrogen) atoms. The Morgan fingerprint density at radius 3 is 2.37 bits per heavy atom. The molecule has 2 atom stereocenters. The smallest absolute Gasteiger partial charge is 0.290 e. The van der Waals surface area contributed by atoms with Crippen molar-refractivity contribution < 1.29 is 29.3 Å². The van der Waals surface area contributed by atoms with Crippen LogP contribution in [-0.2, 0) is 19.1 Å². The molecule has 3 aliphatic rings. The van der Waals surface area contributed by atoms with E-state index in [9.17, 15) is 0 Å². The third-order valence-electron chi connectivity index (χ3n) is 5.08. The number of hydrogen-bond acceptors (Lipinski definition) is 10. The van der Waals surface area contributed by atoms with Gasteiger partial charge in [-0.05, 0) is 7.05 Å². The fourth-order valence-electron chi connectivity index (χ4n) is 3.74. The van der Waals surface area contributed by atoms with Crippen molar-refractivity contribution in [2.24, 2.45) is 5.92 Å². The number of nitrogens with two attached hydrogens (primary N) is 1. The standard InChI is InChI=1S/C16H26N6O2.2CH2O2/c1-20-7-12-8-22(9-13(20)11-24-10-12)15-6-14(17)18-16(19-15)21-2-4-23-5-3-21;2*2-1-3/h6,12-13H,2-5,7-11H2,1H3,(H2,17,18,19);2*1H,(H,2,3)/t12-,13+;;/m1../s1. The number of rotatable bonds is 2. The molecule has 4 heterocycles. The Morgan fingerprint density at radius 2 is 1.70 bits per heavy atom. The molecule has 0 amide bonds. The van der Waals surface area contributed by atoms with Crippen LogP contribution >= 0.6 is 0 Å². The van der Waals surface area contributed by atoms with Gasteiger partial charge in [0, 0.05) is 44.7 Å². The van der Waals surface area contributed by atoms with Crippen molar-refractivity contribution in [2.75, 3.05) is 81.7 Å². The van der Waals surface area contributed by atoms with E-state index in [4.69, 9.17) is 40.0 Å². The predicted octanol–water partition coefficient (Wildman–Crippen LogP) is -0.936. The van der Waals surface area contributed by atoms with E-state index >= 15 is 0 Å². The van der Waals surface area contributed by atoms with Crippen molar-refractivity contribution in [3.8, 4) is 0 Å². The number of nitrogen functional groups attached to an aromatic ring is 1. The van der Waals surface area contributed by atoms with Crippen LogP contribution in [0.3, 0.4) is 0 Å². The Labute approximate surface area is 175 Å². The molecule has 3 saturated heterocycles. The molecule has 12 heteroatoms. The van der Waals surface area contributed by atoms with Crippen molar-refractivity contribution in [3.63, 3.8) is 0 Å². The summed E-state index contributed by atoms with van der Waals surface area (Å²) in [6.07, 6.45) is 0. The summed E-state index contributed by atoms with van der Waals surface area (Å²) in [5, 5.41) is 13.8. The molecule has 0 aliphatic carbocycles. The molecule has 3 aliphatic heterocycles. The van der Waals surface area contributed by atoms with Crippen molar-refractivity contribution in [1.29, 1.82) is 0 Å². The maximum Gasteiger partial charge on any atom is 0.290 e. The highest BCUT2D eigenvalue weighted by Gasteiger charge is 2.32. The van der Waals surface area contributed by atoms with Gasteiger partial charge in [0.15, 0.2) is 0 Å². The summed E-state index contributed by atoms with van der Waals surface area (Å²) in [5.41, 5.74) is 6.08. The second-order valence-electron chi connectivity index (χ2n) is 7.16. The van der Waals surface area contributed by atoms with E-state index in [-0.39, 0.29) is 12.9 Å². The maximum absolute atomic E-state index is 8.36. The highest BCUT2D eigenvalue weighted by atomic mass is 16.5. The van der Waals surface area contributed by atoms with Gasteiger partial charge in [0.2, 0.25) is 5.95 Å². The number of likely N-dealkylation sites (N-methyl/N-ethyl adjacent to an activating group) is 1. The van der Waals surface area contributed by atoms with Crippen LogP contribution in [0, 0.1) is 5.92 Å². The third kappa shape index (κ3) is 6.68. The number of morpholine rings is 1. The quantitative estimate of drug-likeness (QED) is 0.500. The van der Waals surface area contributed by atoms with Crippen LogP contribution in [-0.4, -0.2) is 110 Å². The third-order valence-corrected chi connectivity index (χ3v) is 5.08. The van der Waals surface area contributed by atoms with Gasteiger partial charge in [-0.1, -0.05) is 0 Å². The van der Waals surface area contributed by atoms with Gasteiger partial charge in [0.25, 0.3) is 12.9 Å². The molecule has 1 aromatic rings. The molecule has 0 unspecified atom stereocenters. The lowest BCUT2D eigenvalue weighted by Crippen LogP contribution is -2.43. The van der Waals surface area contributed by atoms with Gasteiger partial charge in [0.05, 0.1) is 32.5 Å². The number of anilines is 3. The van der Waals surface area contributed by atoms with E-state index in [1.807, 2.05) is 6.07 Å². The molecule has 4 N–H and O–H groups in total. The number of carboxylic acid groups (broad SMARTS) is 2. The first-order valence-corrected chi connectivity index (χ1v) is 9.68. The van der Waals surface area contributed by atoms with Crippen molar-refractivity contribution in [2.45, 2.75) is 6.04 Å². The van der Waals surface area contributed by atoms with E-state index in [2.05, 4.69) is 26.7 Å². The summed E-state index contributed by atoms with van der Waals surface area (Å²) in [6, 6.07) is 2.28. The number of aromatic nitrogens is 2. The van der Waals surface area contributed by atoms with Gasteiger partial charge in [-0.3, -0.25) is 14.5 Å². The van der Waals surface area contributed by atoms with Crippen LogP contribution in [0.25, 0.3) is 0 Å². The molecule has 4 rings (SSSR count). The van der Waals surface area contributed by atoms with Gasteiger partial charge < -0.3 is 35.2 Å². The largest absolute Gasteiger partial charge is 0.483 e. The molecule has 0 spiro atoms. The molecule has 3 fully saturated rings. The van der Waals surface area contributed by atoms with Gasteiger partial charge in [-0.25, -0.2) is 0 Å². The molecule has 12 nitrogen and oxygen atoms in total. The molecule has 2 bridgehead atoms. The first-order chi connectivity index (χ1) is 14.5. The predicted molar refractivity (Wildman–Crippen MR) is 110 cm³/mol. The molecule has 168 valence electrons. The zero-order valence-corrected chi connectivity index (χ0v) is 17.1. The van der Waals surface area contributed by atoms with Crippen LogP contribution in [0.2, 0.25) is 0 Å². The molecule has 1 aromatic heterocycles. The highest BCUT2D eigenvalue weighted by molar-refractivity contribution is 5.53. The van der Waals surface area contributed by atoms with Crippen molar-refractivity contribution >= 4 is 30.5 Å². The number of nitrogens with zero attached hydrogens (tertiary/aromatic N) is 5. The second kappa shape index (κ2) is 12.1. The molecule has 0 radical (unpaired) electrons. The Bertz CT molecular complexity index is 669. The normalized spacial score (nSPS) is 23.8. The van der Waals surface area contributed by atoms with Crippen LogP contribution < -0.4 is 15.5 Å². The number of fused-ring (bicyclic) bond motifs is 3. The SMILES string of the molecule is CN1C[C@H]2COC[C@@H]1CN(c1cc(N)nc(N3CCOCC3)n1)C2.O=CO.O=CO. The van der Waals surface area contributed by atoms with E-state index in [1.54, 1.807) is 0 Å².